The number of rotatable bonds is 32. The molecule has 0 bridgehead atoms. The van der Waals surface area contributed by atoms with Crippen LogP contribution in [0.3, 0.4) is 0 Å². The minimum Gasteiger partial charge on any atom is -0.391 e. The van der Waals surface area contributed by atoms with Gasteiger partial charge in [-0.05, 0) is 152 Å². The summed E-state index contributed by atoms with van der Waals surface area (Å²) in [7, 11) is -11.0. The minimum absolute atomic E-state index is 0.0191. The summed E-state index contributed by atoms with van der Waals surface area (Å²) in [5, 5.41) is 23.7. The number of sulfonamides is 1. The van der Waals surface area contributed by atoms with Crippen LogP contribution in [0.4, 0.5) is 24.5 Å². The number of allylic oxidation sites excluding steroid dienone is 1. The van der Waals surface area contributed by atoms with Gasteiger partial charge < -0.3 is 40.9 Å². The van der Waals surface area contributed by atoms with Gasteiger partial charge in [0.1, 0.15) is 17.0 Å². The smallest absolute Gasteiger partial charge is 0.391 e. The normalized spacial score (nSPS) is 19.3. The molecule has 29 heteroatoms. The molecule has 5 aromatic carbocycles. The highest BCUT2D eigenvalue weighted by Gasteiger charge is 2.49. The van der Waals surface area contributed by atoms with Crippen LogP contribution in [0, 0.1) is 17.8 Å². The van der Waals surface area contributed by atoms with Crippen molar-refractivity contribution in [1.82, 2.24) is 40.4 Å². The first kappa shape index (κ1) is 83.1. The Labute approximate surface area is 645 Å². The molecular weight excluding hydrogens is 1490 g/mol. The van der Waals surface area contributed by atoms with Gasteiger partial charge in [-0.25, -0.2) is 26.5 Å². The first-order valence-corrected chi connectivity index (χ1v) is 42.2. The van der Waals surface area contributed by atoms with Gasteiger partial charge in [-0.1, -0.05) is 119 Å². The number of likely N-dealkylation sites (tertiary alicyclic amines) is 1. The number of hydrogen-bond donors (Lipinski definition) is 6. The van der Waals surface area contributed by atoms with E-state index < -0.39 is 82.3 Å². The number of carbonyl (C=O) groups excluding carboxylic acids is 5. The van der Waals surface area contributed by atoms with Crippen molar-refractivity contribution in [3.8, 4) is 10.4 Å². The van der Waals surface area contributed by atoms with E-state index in [9.17, 15) is 59.1 Å². The predicted octanol–water partition coefficient (Wildman–Crippen LogP) is 12.5. The summed E-state index contributed by atoms with van der Waals surface area (Å²) in [6.07, 6.45) is 6.24. The van der Waals surface area contributed by atoms with Crippen molar-refractivity contribution >= 4 is 101 Å². The Hall–Kier alpha value is -7.41. The number of thiazole rings is 1. The average Bonchev–Trinajstić information content (AvgIpc) is 0.927. The van der Waals surface area contributed by atoms with E-state index in [-0.39, 0.29) is 54.1 Å². The van der Waals surface area contributed by atoms with Crippen molar-refractivity contribution in [1.29, 1.82) is 0 Å². The maximum atomic E-state index is 14.4. The lowest BCUT2D eigenvalue weighted by molar-refractivity contribution is -0.144. The maximum absolute atomic E-state index is 14.4. The first-order valence-electron chi connectivity index (χ1n) is 37.0. The number of ether oxygens (including phenoxy) is 1. The largest absolute Gasteiger partial charge is 0.501 e. The van der Waals surface area contributed by atoms with Crippen LogP contribution in [0.2, 0.25) is 5.02 Å². The van der Waals surface area contributed by atoms with Gasteiger partial charge in [0.05, 0.1) is 52.0 Å². The number of aliphatic hydroxyl groups is 1. The monoisotopic (exact) mass is 1580 g/mol. The Bertz CT molecular complexity index is 4350. The van der Waals surface area contributed by atoms with Gasteiger partial charge in [0.15, 0.2) is 0 Å². The molecule has 4 aliphatic rings. The van der Waals surface area contributed by atoms with Gasteiger partial charge in [-0.3, -0.25) is 33.8 Å². The van der Waals surface area contributed by atoms with Gasteiger partial charge in [0.25, 0.3) is 25.8 Å². The molecule has 10 rings (SSSR count). The third-order valence-electron chi connectivity index (χ3n) is 20.6. The predicted molar refractivity (Wildman–Crippen MR) is 418 cm³/mol. The van der Waals surface area contributed by atoms with Crippen LogP contribution in [-0.4, -0.2) is 185 Å². The number of alkyl halides is 3. The number of piperazine rings is 1. The fraction of sp³-hybridized carbons (Fsp3) is 0.494. The van der Waals surface area contributed by atoms with E-state index >= 15 is 0 Å². The number of nitrogens with one attached hydrogen (secondary N) is 5. The van der Waals surface area contributed by atoms with Gasteiger partial charge in [0, 0.05) is 118 Å². The lowest BCUT2D eigenvalue weighted by atomic mass is 9.71. The topological polar surface area (TPSA) is 269 Å². The van der Waals surface area contributed by atoms with Crippen LogP contribution >= 0.6 is 34.7 Å². The standard InChI is InChI=1S/C79H100ClF3N10O11S4/c1-53(55-19-21-57(22-20-55)72-54(2)85-52-106-72)86-75(98)68-45-63(94)49-93(68)76(99)73(77(3,4)5)88-71(96)18-14-9-7-8-13-17-70(95)84-51-78(6)35-33-66(56-23-27-60(80)28-24-56)59(47-78)48-91-37-39-92(40-38-91)62-29-25-58(26-30-62)74(97)89-108(102,103)65-31-32-67(69(46-65)107(100,101)79(81,82)83)87-61(34-36-90-41-43-104-44-42-90)50-105-64-15-11-10-12-16-64/h10-12,15-16,19-32,46,52-53,61,63,68,73,87,94H,7-9,13-14,17-18,33-45,47-51H2,1-6H3,(H,84,95)(H,86,98)(H,88,96)(H,89,97). The summed E-state index contributed by atoms with van der Waals surface area (Å²) in [5.41, 5.74) is 1.91. The summed E-state index contributed by atoms with van der Waals surface area (Å²) in [5.74, 6) is -1.81. The Morgan fingerprint density at radius 2 is 1.45 bits per heavy atom. The van der Waals surface area contributed by atoms with Gasteiger partial charge >= 0.3 is 5.51 Å². The number of halogens is 4. The molecule has 108 heavy (non-hydrogen) atoms. The number of nitrogens with zero attached hydrogens (tertiary/aromatic N) is 5. The highest BCUT2D eigenvalue weighted by molar-refractivity contribution is 7.99. The van der Waals surface area contributed by atoms with Crippen LogP contribution in [-0.2, 0) is 43.8 Å². The fourth-order valence-corrected chi connectivity index (χ4v) is 18.2. The number of morpholine rings is 1. The Morgan fingerprint density at radius 1 is 0.796 bits per heavy atom. The van der Waals surface area contributed by atoms with Crippen LogP contribution < -0.4 is 30.9 Å². The zero-order valence-electron chi connectivity index (χ0n) is 62.1. The number of aryl methyl sites for hydroxylation is 1. The number of anilines is 2. The number of β-amino-alcohol motifs (C(OH)–C–C–N with tert-alkyl or cyclic N) is 1. The molecule has 3 fully saturated rings. The molecule has 1 aromatic heterocycles. The number of thioether (sulfide) groups is 1. The van der Waals surface area contributed by atoms with Crippen molar-refractivity contribution in [3.63, 3.8) is 0 Å². The SMILES string of the molecule is Cc1ncsc1-c1ccc(C(C)NC(=O)C2CC(O)CN2C(=O)C(NC(=O)CCCCCCCC(=O)NCC2(C)CCC(c3ccc(Cl)cc3)=C(CN3CCN(c4ccc(C(=O)NS(=O)(=O)c5ccc(NC(CCN6CCOCC6)CSc6ccccc6)c(S(=O)(=O)C(F)(F)F)c5)cc4)CC3)C2)C(C)(C)C)cc1. The molecular formula is C79H100ClF3N10O11S4. The Balaban J connectivity index is 0.667. The third-order valence-corrected chi connectivity index (χ3v) is 25.9. The van der Waals surface area contributed by atoms with Crippen LogP contribution in [0.25, 0.3) is 16.0 Å². The minimum atomic E-state index is -6.11. The molecule has 0 saturated carbocycles. The first-order chi connectivity index (χ1) is 51.3. The van der Waals surface area contributed by atoms with Gasteiger partial charge in [0.2, 0.25) is 23.6 Å². The molecule has 0 radical (unpaired) electrons. The Kier molecular flexibility index (Phi) is 28.5. The molecule has 0 spiro atoms. The van der Waals surface area contributed by atoms with Crippen molar-refractivity contribution in [3.05, 3.63) is 160 Å². The molecule has 584 valence electrons. The van der Waals surface area contributed by atoms with E-state index in [1.807, 2.05) is 124 Å². The summed E-state index contributed by atoms with van der Waals surface area (Å²) in [6.45, 7) is 18.4. The molecule has 6 unspecified atom stereocenters. The number of aromatic nitrogens is 1. The lowest BCUT2D eigenvalue weighted by Crippen LogP contribution is -2.57. The fourth-order valence-electron chi connectivity index (χ4n) is 14.3. The number of benzene rings is 5. The van der Waals surface area contributed by atoms with E-state index in [2.05, 4.69) is 47.9 Å². The highest BCUT2D eigenvalue weighted by Crippen LogP contribution is 2.44. The van der Waals surface area contributed by atoms with Crippen molar-refractivity contribution in [2.75, 3.05) is 94.6 Å². The van der Waals surface area contributed by atoms with E-state index in [1.165, 1.54) is 39.9 Å². The molecule has 6 atom stereocenters. The van der Waals surface area contributed by atoms with E-state index in [0.717, 1.165) is 88.5 Å². The number of aliphatic hydroxyl groups excluding tert-OH is 1. The number of carbonyl (C=O) groups is 5. The van der Waals surface area contributed by atoms with Crippen LogP contribution in [0.5, 0.6) is 0 Å². The van der Waals surface area contributed by atoms with E-state index in [0.29, 0.717) is 115 Å². The molecule has 4 heterocycles. The molecule has 1 aliphatic carbocycles. The summed E-state index contributed by atoms with van der Waals surface area (Å²) < 4.78 is 105. The zero-order chi connectivity index (χ0) is 77.6. The van der Waals surface area contributed by atoms with Crippen molar-refractivity contribution < 1.29 is 63.8 Å². The van der Waals surface area contributed by atoms with E-state index in [1.54, 1.807) is 23.5 Å². The molecule has 6 N–H and O–H groups in total. The Morgan fingerprint density at radius 3 is 2.10 bits per heavy atom. The summed E-state index contributed by atoms with van der Waals surface area (Å²) in [6, 6.07) is 31.0. The molecule has 5 amide bonds. The lowest BCUT2D eigenvalue weighted by Gasteiger charge is -2.41. The van der Waals surface area contributed by atoms with Crippen LogP contribution in [0.1, 0.15) is 145 Å². The summed E-state index contributed by atoms with van der Waals surface area (Å²) in [4.78, 5) is 80.9. The van der Waals surface area contributed by atoms with Crippen molar-refractivity contribution in [2.24, 2.45) is 10.8 Å². The second kappa shape index (κ2) is 37.1. The number of sulfone groups is 1. The second-order valence-corrected chi connectivity index (χ2v) is 36.0. The quantitative estimate of drug-likeness (QED) is 0.0169. The van der Waals surface area contributed by atoms with Gasteiger partial charge in [-0.15, -0.1) is 23.1 Å². The van der Waals surface area contributed by atoms with Gasteiger partial charge in [-0.2, -0.15) is 13.2 Å². The molecule has 3 saturated heterocycles. The average molecular weight is 1590 g/mol. The van der Waals surface area contributed by atoms with Crippen molar-refractivity contribution in [2.45, 2.75) is 169 Å². The third kappa shape index (κ3) is 22.4. The number of unbranched alkanes of at least 4 members (excludes halogenated alkanes) is 4. The second-order valence-electron chi connectivity index (χ2n) is 30.1. The maximum Gasteiger partial charge on any atom is 0.501 e. The molecule has 6 aromatic rings. The molecule has 21 nitrogen and oxygen atoms in total. The van der Waals surface area contributed by atoms with E-state index in [4.69, 9.17) is 16.3 Å². The zero-order valence-corrected chi connectivity index (χ0v) is 66.1. The highest BCUT2D eigenvalue weighted by atomic mass is 35.5. The number of hydrogen-bond acceptors (Lipinski definition) is 18. The summed E-state index contributed by atoms with van der Waals surface area (Å²) >= 11 is 9.35. The number of amides is 5. The van der Waals surface area contributed by atoms with Crippen LogP contribution in [0.15, 0.2) is 147 Å². The molecule has 3 aliphatic heterocycles.